The van der Waals surface area contributed by atoms with Gasteiger partial charge in [0.2, 0.25) is 11.8 Å². The molecule has 1 aromatic carbocycles. The van der Waals surface area contributed by atoms with E-state index in [4.69, 9.17) is 10.5 Å². The molecule has 2 rings (SSSR count). The third-order valence-corrected chi connectivity index (χ3v) is 3.36. The van der Waals surface area contributed by atoms with E-state index in [2.05, 4.69) is 10.6 Å². The molecule has 1 aliphatic heterocycles. The summed E-state index contributed by atoms with van der Waals surface area (Å²) in [5, 5.41) is 6.15. The summed E-state index contributed by atoms with van der Waals surface area (Å²) in [6.07, 6.45) is 2.75. The molecule has 2 amide bonds. The van der Waals surface area contributed by atoms with Crippen molar-refractivity contribution in [1.82, 2.24) is 5.32 Å². The van der Waals surface area contributed by atoms with Gasteiger partial charge in [0.25, 0.3) is 0 Å². The molecule has 0 aliphatic carbocycles. The number of anilines is 1. The smallest absolute Gasteiger partial charge is 0.226 e. The summed E-state index contributed by atoms with van der Waals surface area (Å²) in [6.45, 7) is 1.18. The van der Waals surface area contributed by atoms with E-state index in [1.165, 1.54) is 0 Å². The second kappa shape index (κ2) is 9.27. The highest BCUT2D eigenvalue weighted by molar-refractivity contribution is 5.92. The Kier molecular flexibility index (Phi) is 7.70. The Morgan fingerprint density at radius 3 is 2.82 bits per heavy atom. The summed E-state index contributed by atoms with van der Waals surface area (Å²) in [4.78, 5) is 22.7. The van der Waals surface area contributed by atoms with Gasteiger partial charge < -0.3 is 21.1 Å². The minimum absolute atomic E-state index is 0. The van der Waals surface area contributed by atoms with Crippen LogP contribution in [0.3, 0.4) is 0 Å². The number of nitrogens with two attached hydrogens (primary N) is 1. The molecule has 0 spiro atoms. The number of para-hydroxylation sites is 2. The van der Waals surface area contributed by atoms with Crippen molar-refractivity contribution in [3.63, 3.8) is 0 Å². The molecule has 1 heterocycles. The Hall–Kier alpha value is -1.79. The van der Waals surface area contributed by atoms with Crippen LogP contribution in [-0.2, 0) is 9.59 Å². The van der Waals surface area contributed by atoms with Crippen LogP contribution in [0.5, 0.6) is 5.75 Å². The van der Waals surface area contributed by atoms with Gasteiger partial charge in [-0.1, -0.05) is 12.1 Å². The van der Waals surface area contributed by atoms with Crippen LogP contribution in [-0.4, -0.2) is 31.0 Å². The molecule has 4 N–H and O–H groups in total. The van der Waals surface area contributed by atoms with Crippen LogP contribution in [0.4, 0.5) is 5.69 Å². The molecule has 1 fully saturated rings. The van der Waals surface area contributed by atoms with Gasteiger partial charge in [0.1, 0.15) is 5.75 Å². The van der Waals surface area contributed by atoms with Crippen molar-refractivity contribution < 1.29 is 14.3 Å². The van der Waals surface area contributed by atoms with Crippen LogP contribution in [0.25, 0.3) is 0 Å². The van der Waals surface area contributed by atoms with Gasteiger partial charge in [-0.05, 0) is 31.5 Å². The molecule has 0 radical (unpaired) electrons. The molecule has 1 atom stereocenters. The lowest BCUT2D eigenvalue weighted by Gasteiger charge is -2.14. The Bertz CT molecular complexity index is 505. The number of carbonyl (C=O) groups excluding carboxylic acids is 2. The minimum atomic E-state index is -0.413. The van der Waals surface area contributed by atoms with E-state index in [0.29, 0.717) is 17.9 Å². The van der Waals surface area contributed by atoms with Crippen LogP contribution < -0.4 is 21.1 Å². The first-order chi connectivity index (χ1) is 10.1. The topological polar surface area (TPSA) is 93.5 Å². The number of ether oxygens (including phenoxy) is 1. The second-order valence-corrected chi connectivity index (χ2v) is 5.11. The van der Waals surface area contributed by atoms with Gasteiger partial charge >= 0.3 is 0 Å². The molecule has 7 heteroatoms. The Morgan fingerprint density at radius 2 is 2.14 bits per heavy atom. The van der Waals surface area contributed by atoms with Gasteiger partial charge in [-0.3, -0.25) is 9.59 Å². The SMILES string of the molecule is Cl.NC(=O)CCOc1ccccc1NC(=O)CC1CCCN1. The van der Waals surface area contributed by atoms with Gasteiger partial charge in [0.05, 0.1) is 18.7 Å². The molecule has 0 bridgehead atoms. The third-order valence-electron chi connectivity index (χ3n) is 3.36. The average molecular weight is 328 g/mol. The summed E-state index contributed by atoms with van der Waals surface area (Å²) in [5.41, 5.74) is 5.69. The second-order valence-electron chi connectivity index (χ2n) is 5.11. The lowest BCUT2D eigenvalue weighted by atomic mass is 10.1. The summed E-state index contributed by atoms with van der Waals surface area (Å²) < 4.78 is 5.49. The summed E-state index contributed by atoms with van der Waals surface area (Å²) in [7, 11) is 0. The molecule has 1 saturated heterocycles. The van der Waals surface area contributed by atoms with Crippen molar-refractivity contribution in [2.24, 2.45) is 5.73 Å². The summed E-state index contributed by atoms with van der Waals surface area (Å²) in [6, 6.07) is 7.43. The molecular weight excluding hydrogens is 306 g/mol. The Labute approximate surface area is 136 Å². The first kappa shape index (κ1) is 18.3. The normalized spacial score (nSPS) is 16.6. The molecule has 1 aromatic rings. The molecule has 1 aliphatic rings. The lowest BCUT2D eigenvalue weighted by Crippen LogP contribution is -2.27. The van der Waals surface area contributed by atoms with Gasteiger partial charge in [-0.2, -0.15) is 0 Å². The maximum absolute atomic E-state index is 12.0. The van der Waals surface area contributed by atoms with E-state index in [9.17, 15) is 9.59 Å². The fraction of sp³-hybridized carbons (Fsp3) is 0.467. The zero-order chi connectivity index (χ0) is 15.1. The third kappa shape index (κ3) is 5.91. The predicted molar refractivity (Wildman–Crippen MR) is 87.3 cm³/mol. The molecule has 6 nitrogen and oxygen atoms in total. The number of hydrogen-bond acceptors (Lipinski definition) is 4. The maximum Gasteiger partial charge on any atom is 0.226 e. The van der Waals surface area contributed by atoms with Gasteiger partial charge in [0, 0.05) is 12.5 Å². The quantitative estimate of drug-likeness (QED) is 0.706. The number of primary amides is 1. The number of amides is 2. The first-order valence-electron chi connectivity index (χ1n) is 7.18. The van der Waals surface area contributed by atoms with Crippen molar-refractivity contribution >= 4 is 29.9 Å². The number of halogens is 1. The van der Waals surface area contributed by atoms with Gasteiger partial charge in [0.15, 0.2) is 0 Å². The maximum atomic E-state index is 12.0. The van der Waals surface area contributed by atoms with E-state index < -0.39 is 5.91 Å². The zero-order valence-corrected chi connectivity index (χ0v) is 13.2. The van der Waals surface area contributed by atoms with Gasteiger partial charge in [-0.15, -0.1) is 12.4 Å². The predicted octanol–water partition coefficient (Wildman–Crippen LogP) is 1.44. The van der Waals surface area contributed by atoms with Crippen molar-refractivity contribution in [1.29, 1.82) is 0 Å². The number of nitrogens with one attached hydrogen (secondary N) is 2. The standard InChI is InChI=1S/C15H21N3O3.ClH/c16-14(19)7-9-21-13-6-2-1-5-12(13)18-15(20)10-11-4-3-8-17-11;/h1-2,5-6,11,17H,3-4,7-10H2,(H2,16,19)(H,18,20);1H. The first-order valence-corrected chi connectivity index (χ1v) is 7.18. The molecule has 22 heavy (non-hydrogen) atoms. The molecule has 122 valence electrons. The number of rotatable bonds is 7. The van der Waals surface area contributed by atoms with Crippen LogP contribution in [0.1, 0.15) is 25.7 Å². The number of benzene rings is 1. The highest BCUT2D eigenvalue weighted by Crippen LogP contribution is 2.24. The Morgan fingerprint density at radius 1 is 1.36 bits per heavy atom. The van der Waals surface area contributed by atoms with Crippen LogP contribution >= 0.6 is 12.4 Å². The largest absolute Gasteiger partial charge is 0.491 e. The van der Waals surface area contributed by atoms with Crippen LogP contribution in [0.15, 0.2) is 24.3 Å². The molecule has 0 saturated carbocycles. The lowest BCUT2D eigenvalue weighted by molar-refractivity contribution is -0.118. The van der Waals surface area contributed by atoms with Crippen molar-refractivity contribution in [3.8, 4) is 5.75 Å². The van der Waals surface area contributed by atoms with E-state index >= 15 is 0 Å². The van der Waals surface area contributed by atoms with E-state index in [0.717, 1.165) is 19.4 Å². The van der Waals surface area contributed by atoms with Crippen LogP contribution in [0.2, 0.25) is 0 Å². The fourth-order valence-corrected chi connectivity index (χ4v) is 2.31. The Balaban J connectivity index is 0.00000242. The van der Waals surface area contributed by atoms with Crippen molar-refractivity contribution in [2.45, 2.75) is 31.7 Å². The molecule has 0 aromatic heterocycles. The summed E-state index contributed by atoms with van der Waals surface area (Å²) >= 11 is 0. The van der Waals surface area contributed by atoms with Crippen LogP contribution in [0, 0.1) is 0 Å². The highest BCUT2D eigenvalue weighted by atomic mass is 35.5. The molecule has 1 unspecified atom stereocenters. The van der Waals surface area contributed by atoms with E-state index in [1.807, 2.05) is 12.1 Å². The summed E-state index contributed by atoms with van der Waals surface area (Å²) in [5.74, 6) is 0.0932. The number of carbonyl (C=O) groups is 2. The monoisotopic (exact) mass is 327 g/mol. The molecular formula is C15H22ClN3O3. The van der Waals surface area contributed by atoms with Crippen molar-refractivity contribution in [3.05, 3.63) is 24.3 Å². The number of hydrogen-bond donors (Lipinski definition) is 3. The van der Waals surface area contributed by atoms with E-state index in [-0.39, 0.29) is 37.4 Å². The minimum Gasteiger partial charge on any atom is -0.491 e. The van der Waals surface area contributed by atoms with Gasteiger partial charge in [-0.25, -0.2) is 0 Å². The zero-order valence-electron chi connectivity index (χ0n) is 12.3. The fourth-order valence-electron chi connectivity index (χ4n) is 2.31. The van der Waals surface area contributed by atoms with E-state index in [1.54, 1.807) is 12.1 Å². The van der Waals surface area contributed by atoms with Crippen molar-refractivity contribution in [2.75, 3.05) is 18.5 Å². The average Bonchev–Trinajstić information content (AvgIpc) is 2.93. The highest BCUT2D eigenvalue weighted by Gasteiger charge is 2.18.